The van der Waals surface area contributed by atoms with Gasteiger partial charge in [-0.15, -0.1) is 10.2 Å². The lowest BCUT2D eigenvalue weighted by Gasteiger charge is -2.24. The molecule has 6 heteroatoms. The molecule has 1 fully saturated rings. The third-order valence-corrected chi connectivity index (χ3v) is 4.33. The summed E-state index contributed by atoms with van der Waals surface area (Å²) in [6.45, 7) is 4.17. The average Bonchev–Trinajstić information content (AvgIpc) is 3.05. The van der Waals surface area contributed by atoms with E-state index in [1.165, 1.54) is 32.1 Å². The SMILES string of the molecule is Cc1cn(C(C)c2nncn2C)c(NC2CCCCC2)n1. The van der Waals surface area contributed by atoms with Gasteiger partial charge in [-0.2, -0.15) is 0 Å². The first-order valence-corrected chi connectivity index (χ1v) is 7.81. The van der Waals surface area contributed by atoms with E-state index in [-0.39, 0.29) is 6.04 Å². The fraction of sp³-hybridized carbons (Fsp3) is 0.667. The lowest BCUT2D eigenvalue weighted by Crippen LogP contribution is -2.25. The smallest absolute Gasteiger partial charge is 0.203 e. The third kappa shape index (κ3) is 2.94. The molecule has 114 valence electrons. The van der Waals surface area contributed by atoms with Gasteiger partial charge in [0.25, 0.3) is 0 Å². The molecule has 3 rings (SSSR count). The molecule has 0 amide bonds. The molecule has 1 aliphatic carbocycles. The number of anilines is 1. The highest BCUT2D eigenvalue weighted by molar-refractivity contribution is 5.32. The quantitative estimate of drug-likeness (QED) is 0.939. The highest BCUT2D eigenvalue weighted by atomic mass is 15.3. The van der Waals surface area contributed by atoms with Gasteiger partial charge < -0.3 is 14.5 Å². The Hall–Kier alpha value is -1.85. The standard InChI is InChI=1S/C15H24N6/c1-11-9-21(12(2)14-19-16-10-20(14)3)15(17-11)18-13-7-5-4-6-8-13/h9-10,12-13H,4-8H2,1-3H3,(H,17,18). The van der Waals surface area contributed by atoms with Crippen molar-refractivity contribution in [1.82, 2.24) is 24.3 Å². The first-order valence-electron chi connectivity index (χ1n) is 7.81. The number of hydrogen-bond donors (Lipinski definition) is 1. The Bertz CT molecular complexity index is 593. The summed E-state index contributed by atoms with van der Waals surface area (Å²) in [5, 5.41) is 11.8. The van der Waals surface area contributed by atoms with Crippen molar-refractivity contribution in [3.8, 4) is 0 Å². The van der Waals surface area contributed by atoms with Gasteiger partial charge in [0.05, 0.1) is 11.7 Å². The largest absolute Gasteiger partial charge is 0.353 e. The Morgan fingerprint density at radius 2 is 2.05 bits per heavy atom. The minimum atomic E-state index is 0.116. The first-order chi connectivity index (χ1) is 10.1. The molecule has 21 heavy (non-hydrogen) atoms. The molecule has 6 nitrogen and oxygen atoms in total. The molecule has 2 aromatic heterocycles. The Labute approximate surface area is 125 Å². The van der Waals surface area contributed by atoms with Crippen LogP contribution in [0.3, 0.4) is 0 Å². The van der Waals surface area contributed by atoms with Gasteiger partial charge in [-0.05, 0) is 26.7 Å². The molecule has 0 aliphatic heterocycles. The van der Waals surface area contributed by atoms with Crippen molar-refractivity contribution in [3.05, 3.63) is 24.0 Å². The van der Waals surface area contributed by atoms with Gasteiger partial charge in [-0.3, -0.25) is 0 Å². The second kappa shape index (κ2) is 5.87. The topological polar surface area (TPSA) is 60.6 Å². The minimum absolute atomic E-state index is 0.116. The molecule has 0 aromatic carbocycles. The maximum atomic E-state index is 4.66. The Morgan fingerprint density at radius 3 is 2.71 bits per heavy atom. The zero-order chi connectivity index (χ0) is 14.8. The van der Waals surface area contributed by atoms with E-state index in [1.807, 2.05) is 18.5 Å². The molecule has 1 aliphatic rings. The predicted octanol–water partition coefficient (Wildman–Crippen LogP) is 2.67. The molecule has 2 heterocycles. The van der Waals surface area contributed by atoms with E-state index in [9.17, 15) is 0 Å². The molecular weight excluding hydrogens is 264 g/mol. The van der Waals surface area contributed by atoms with E-state index >= 15 is 0 Å². The third-order valence-electron chi connectivity index (χ3n) is 4.33. The Kier molecular flexibility index (Phi) is 3.94. The second-order valence-corrected chi connectivity index (χ2v) is 6.07. The molecule has 1 N–H and O–H groups in total. The summed E-state index contributed by atoms with van der Waals surface area (Å²) in [5.41, 5.74) is 1.03. The van der Waals surface area contributed by atoms with Crippen LogP contribution in [0.15, 0.2) is 12.5 Å². The van der Waals surface area contributed by atoms with Crippen molar-refractivity contribution in [2.75, 3.05) is 5.32 Å². The maximum absolute atomic E-state index is 4.66. The molecule has 0 radical (unpaired) electrons. The highest BCUT2D eigenvalue weighted by Crippen LogP contribution is 2.25. The number of hydrogen-bond acceptors (Lipinski definition) is 4. The van der Waals surface area contributed by atoms with E-state index in [0.717, 1.165) is 17.5 Å². The van der Waals surface area contributed by atoms with Gasteiger partial charge >= 0.3 is 0 Å². The normalized spacial score (nSPS) is 17.9. The molecule has 2 aromatic rings. The fourth-order valence-corrected chi connectivity index (χ4v) is 3.14. The van der Waals surface area contributed by atoms with Crippen LogP contribution in [0.4, 0.5) is 5.95 Å². The number of nitrogens with zero attached hydrogens (tertiary/aromatic N) is 5. The summed E-state index contributed by atoms with van der Waals surface area (Å²) in [7, 11) is 1.98. The molecule has 0 saturated heterocycles. The van der Waals surface area contributed by atoms with E-state index < -0.39 is 0 Å². The van der Waals surface area contributed by atoms with Crippen molar-refractivity contribution < 1.29 is 0 Å². The van der Waals surface area contributed by atoms with Crippen LogP contribution in [0.25, 0.3) is 0 Å². The van der Waals surface area contributed by atoms with Crippen LogP contribution in [-0.2, 0) is 7.05 Å². The van der Waals surface area contributed by atoms with E-state index in [1.54, 1.807) is 6.33 Å². The first kappa shape index (κ1) is 14.1. The maximum Gasteiger partial charge on any atom is 0.203 e. The molecule has 1 saturated carbocycles. The summed E-state index contributed by atoms with van der Waals surface area (Å²) < 4.78 is 4.14. The van der Waals surface area contributed by atoms with Crippen molar-refractivity contribution in [2.24, 2.45) is 7.05 Å². The summed E-state index contributed by atoms with van der Waals surface area (Å²) in [6.07, 6.45) is 10.3. The number of aryl methyl sites for hydroxylation is 2. The molecule has 1 unspecified atom stereocenters. The number of rotatable bonds is 4. The second-order valence-electron chi connectivity index (χ2n) is 6.07. The molecule has 0 spiro atoms. The van der Waals surface area contributed by atoms with Crippen molar-refractivity contribution in [3.63, 3.8) is 0 Å². The van der Waals surface area contributed by atoms with Gasteiger partial charge in [0.1, 0.15) is 6.33 Å². The zero-order valence-electron chi connectivity index (χ0n) is 13.1. The monoisotopic (exact) mass is 288 g/mol. The van der Waals surface area contributed by atoms with Crippen molar-refractivity contribution >= 4 is 5.95 Å². The van der Waals surface area contributed by atoms with Gasteiger partial charge in [0.2, 0.25) is 5.95 Å². The number of imidazole rings is 1. The summed E-state index contributed by atoms with van der Waals surface area (Å²) >= 11 is 0. The summed E-state index contributed by atoms with van der Waals surface area (Å²) in [5.74, 6) is 1.90. The summed E-state index contributed by atoms with van der Waals surface area (Å²) in [4.78, 5) is 4.66. The summed E-state index contributed by atoms with van der Waals surface area (Å²) in [6, 6.07) is 0.663. The highest BCUT2D eigenvalue weighted by Gasteiger charge is 2.20. The van der Waals surface area contributed by atoms with Crippen LogP contribution < -0.4 is 5.32 Å². The zero-order valence-corrected chi connectivity index (χ0v) is 13.1. The van der Waals surface area contributed by atoms with Crippen molar-refractivity contribution in [2.45, 2.75) is 58.0 Å². The molecule has 0 bridgehead atoms. The number of nitrogens with one attached hydrogen (secondary N) is 1. The van der Waals surface area contributed by atoms with E-state index in [2.05, 4.69) is 38.2 Å². The van der Waals surface area contributed by atoms with Gasteiger partial charge in [-0.25, -0.2) is 4.98 Å². The lowest BCUT2D eigenvalue weighted by atomic mass is 9.96. The van der Waals surface area contributed by atoms with Gasteiger partial charge in [-0.1, -0.05) is 19.3 Å². The Balaban J connectivity index is 1.83. The Morgan fingerprint density at radius 1 is 1.29 bits per heavy atom. The van der Waals surface area contributed by atoms with Gasteiger partial charge in [0, 0.05) is 19.3 Å². The van der Waals surface area contributed by atoms with Crippen LogP contribution in [-0.4, -0.2) is 30.4 Å². The van der Waals surface area contributed by atoms with Crippen molar-refractivity contribution in [1.29, 1.82) is 0 Å². The van der Waals surface area contributed by atoms with E-state index in [4.69, 9.17) is 0 Å². The van der Waals surface area contributed by atoms with Crippen LogP contribution in [0, 0.1) is 6.92 Å². The molecule has 1 atom stereocenters. The van der Waals surface area contributed by atoms with Gasteiger partial charge in [0.15, 0.2) is 5.82 Å². The fourth-order valence-electron chi connectivity index (χ4n) is 3.14. The van der Waals surface area contributed by atoms with Crippen LogP contribution in [0.5, 0.6) is 0 Å². The van der Waals surface area contributed by atoms with Crippen LogP contribution in [0.1, 0.15) is 56.6 Å². The lowest BCUT2D eigenvalue weighted by molar-refractivity contribution is 0.457. The minimum Gasteiger partial charge on any atom is -0.353 e. The predicted molar refractivity (Wildman–Crippen MR) is 82.3 cm³/mol. The average molecular weight is 288 g/mol. The van der Waals surface area contributed by atoms with E-state index in [0.29, 0.717) is 6.04 Å². The van der Waals surface area contributed by atoms with Crippen LogP contribution >= 0.6 is 0 Å². The number of aromatic nitrogens is 5. The van der Waals surface area contributed by atoms with Crippen LogP contribution in [0.2, 0.25) is 0 Å². The molecular formula is C15H24N6.